The first-order chi connectivity index (χ1) is 10.7. The molecule has 1 aromatic carbocycles. The number of fused-ring (bicyclic) bond motifs is 1. The fraction of sp³-hybridized carbons (Fsp3) is 0.333. The highest BCUT2D eigenvalue weighted by Gasteiger charge is 2.35. The Kier molecular flexibility index (Phi) is 3.62. The molecule has 114 valence electrons. The monoisotopic (exact) mass is 299 g/mol. The molecule has 1 unspecified atom stereocenters. The van der Waals surface area contributed by atoms with Crippen molar-refractivity contribution in [3.8, 4) is 0 Å². The standard InChI is InChI=1S/C15H17N5O2/c1-4-11-12(14(21)22-3)13(10-7-5-9(2)6-8-10)20-15(16-11)17-18-19-20/h5-8,13H,4H2,1-3H3,(H,16,17,19). The number of hydrogen-bond donors (Lipinski definition) is 1. The summed E-state index contributed by atoms with van der Waals surface area (Å²) in [5.74, 6) is 0.145. The normalized spacial score (nSPS) is 17.0. The van der Waals surface area contributed by atoms with Crippen LogP contribution in [0, 0.1) is 6.92 Å². The van der Waals surface area contributed by atoms with Crippen LogP contribution in [0.4, 0.5) is 5.95 Å². The van der Waals surface area contributed by atoms with Gasteiger partial charge in [-0.1, -0.05) is 41.9 Å². The second-order valence-electron chi connectivity index (χ2n) is 5.12. The highest BCUT2D eigenvalue weighted by atomic mass is 16.5. The number of benzene rings is 1. The molecule has 0 radical (unpaired) electrons. The van der Waals surface area contributed by atoms with Gasteiger partial charge in [0.25, 0.3) is 0 Å². The van der Waals surface area contributed by atoms with E-state index in [0.29, 0.717) is 17.9 Å². The van der Waals surface area contributed by atoms with Gasteiger partial charge >= 0.3 is 5.97 Å². The fourth-order valence-electron chi connectivity index (χ4n) is 2.62. The number of tetrazole rings is 1. The summed E-state index contributed by atoms with van der Waals surface area (Å²) in [5, 5.41) is 14.8. The van der Waals surface area contributed by atoms with Crippen molar-refractivity contribution in [2.45, 2.75) is 26.3 Å². The molecule has 2 heterocycles. The van der Waals surface area contributed by atoms with E-state index in [1.807, 2.05) is 38.1 Å². The molecule has 1 atom stereocenters. The Hall–Kier alpha value is -2.70. The molecule has 1 aliphatic heterocycles. The van der Waals surface area contributed by atoms with Gasteiger partial charge in [-0.3, -0.25) is 0 Å². The van der Waals surface area contributed by atoms with Gasteiger partial charge in [0.2, 0.25) is 5.95 Å². The topological polar surface area (TPSA) is 81.9 Å². The molecule has 0 aliphatic carbocycles. The van der Waals surface area contributed by atoms with Crippen molar-refractivity contribution in [3.63, 3.8) is 0 Å². The van der Waals surface area contributed by atoms with Gasteiger partial charge in [-0.05, 0) is 29.3 Å². The lowest BCUT2D eigenvalue weighted by Gasteiger charge is -2.28. The van der Waals surface area contributed by atoms with Gasteiger partial charge in [-0.15, -0.1) is 0 Å². The number of nitrogens with one attached hydrogen (secondary N) is 1. The smallest absolute Gasteiger partial charge is 0.338 e. The largest absolute Gasteiger partial charge is 0.466 e. The molecule has 1 N–H and O–H groups in total. The van der Waals surface area contributed by atoms with Crippen molar-refractivity contribution in [3.05, 3.63) is 46.7 Å². The highest BCUT2D eigenvalue weighted by Crippen LogP contribution is 2.35. The molecule has 22 heavy (non-hydrogen) atoms. The molecule has 0 saturated carbocycles. The van der Waals surface area contributed by atoms with E-state index in [1.165, 1.54) is 7.11 Å². The fourth-order valence-corrected chi connectivity index (χ4v) is 2.62. The maximum absolute atomic E-state index is 12.3. The molecule has 0 bridgehead atoms. The predicted molar refractivity (Wildman–Crippen MR) is 80.1 cm³/mol. The quantitative estimate of drug-likeness (QED) is 0.871. The Labute approximate surface area is 128 Å². The van der Waals surface area contributed by atoms with Gasteiger partial charge in [-0.25, -0.2) is 4.79 Å². The van der Waals surface area contributed by atoms with Gasteiger partial charge in [0.1, 0.15) is 6.04 Å². The Morgan fingerprint density at radius 3 is 2.73 bits per heavy atom. The summed E-state index contributed by atoms with van der Waals surface area (Å²) in [6, 6.07) is 7.57. The lowest BCUT2D eigenvalue weighted by atomic mass is 9.94. The molecular formula is C15H17N5O2. The number of nitrogens with zero attached hydrogens (tertiary/aromatic N) is 4. The van der Waals surface area contributed by atoms with Gasteiger partial charge < -0.3 is 10.1 Å². The lowest BCUT2D eigenvalue weighted by molar-refractivity contribution is -0.136. The van der Waals surface area contributed by atoms with Crippen LogP contribution in [0.25, 0.3) is 0 Å². The molecule has 0 saturated heterocycles. The number of carbonyl (C=O) groups excluding carboxylic acids is 1. The van der Waals surface area contributed by atoms with Gasteiger partial charge in [0, 0.05) is 5.70 Å². The van der Waals surface area contributed by atoms with E-state index < -0.39 is 6.04 Å². The van der Waals surface area contributed by atoms with Crippen LogP contribution < -0.4 is 5.32 Å². The van der Waals surface area contributed by atoms with Gasteiger partial charge in [-0.2, -0.15) is 4.68 Å². The third-order valence-electron chi connectivity index (χ3n) is 3.75. The third-order valence-corrected chi connectivity index (χ3v) is 3.75. The number of allylic oxidation sites excluding steroid dienone is 1. The molecule has 3 rings (SSSR count). The minimum Gasteiger partial charge on any atom is -0.466 e. The zero-order valence-corrected chi connectivity index (χ0v) is 12.7. The third kappa shape index (κ3) is 2.24. The average Bonchev–Trinajstić information content (AvgIpc) is 3.01. The molecule has 0 fully saturated rings. The van der Waals surface area contributed by atoms with E-state index in [1.54, 1.807) is 4.68 Å². The molecular weight excluding hydrogens is 282 g/mol. The van der Waals surface area contributed by atoms with Crippen molar-refractivity contribution in [2.75, 3.05) is 12.4 Å². The summed E-state index contributed by atoms with van der Waals surface area (Å²) in [7, 11) is 1.38. The van der Waals surface area contributed by atoms with Gasteiger partial charge in [0.05, 0.1) is 12.7 Å². The first-order valence-electron chi connectivity index (χ1n) is 7.08. The summed E-state index contributed by atoms with van der Waals surface area (Å²) in [4.78, 5) is 12.3. The first-order valence-corrected chi connectivity index (χ1v) is 7.08. The minimum atomic E-state index is -0.394. The average molecular weight is 299 g/mol. The van der Waals surface area contributed by atoms with E-state index in [2.05, 4.69) is 20.8 Å². The molecule has 0 amide bonds. The molecule has 1 aromatic heterocycles. The maximum atomic E-state index is 12.3. The van der Waals surface area contributed by atoms with Crippen LogP contribution in [0.5, 0.6) is 0 Å². The second kappa shape index (κ2) is 5.59. The number of aryl methyl sites for hydroxylation is 1. The van der Waals surface area contributed by atoms with Crippen LogP contribution in [0.1, 0.15) is 30.5 Å². The van der Waals surface area contributed by atoms with E-state index >= 15 is 0 Å². The van der Waals surface area contributed by atoms with Crippen LogP contribution in [0.2, 0.25) is 0 Å². The Morgan fingerprint density at radius 1 is 1.36 bits per heavy atom. The van der Waals surface area contributed by atoms with Crippen molar-refractivity contribution in [2.24, 2.45) is 0 Å². The number of ether oxygens (including phenoxy) is 1. The molecule has 1 aliphatic rings. The van der Waals surface area contributed by atoms with E-state index in [9.17, 15) is 4.79 Å². The summed E-state index contributed by atoms with van der Waals surface area (Å²) in [6.45, 7) is 3.99. The Morgan fingerprint density at radius 2 is 2.09 bits per heavy atom. The number of methoxy groups -OCH3 is 1. The first kappa shape index (κ1) is 14.2. The molecule has 7 nitrogen and oxygen atoms in total. The number of aromatic nitrogens is 4. The van der Waals surface area contributed by atoms with Crippen LogP contribution in [-0.2, 0) is 9.53 Å². The summed E-state index contributed by atoms with van der Waals surface area (Å²) < 4.78 is 6.58. The Bertz CT molecular complexity index is 733. The summed E-state index contributed by atoms with van der Waals surface area (Å²) >= 11 is 0. The molecule has 7 heteroatoms. The Balaban J connectivity index is 2.19. The zero-order chi connectivity index (χ0) is 15.7. The molecule has 0 spiro atoms. The summed E-state index contributed by atoms with van der Waals surface area (Å²) in [5.41, 5.74) is 3.40. The van der Waals surface area contributed by atoms with Crippen LogP contribution in [0.3, 0.4) is 0 Å². The van der Waals surface area contributed by atoms with Gasteiger partial charge in [0.15, 0.2) is 0 Å². The second-order valence-corrected chi connectivity index (χ2v) is 5.12. The lowest BCUT2D eigenvalue weighted by Crippen LogP contribution is -2.30. The SMILES string of the molecule is CCC1=C(C(=O)OC)C(c2ccc(C)cc2)n2nnnc2N1. The van der Waals surface area contributed by atoms with Crippen molar-refractivity contribution < 1.29 is 9.53 Å². The highest BCUT2D eigenvalue weighted by molar-refractivity contribution is 5.92. The molecule has 2 aromatic rings. The van der Waals surface area contributed by atoms with Crippen LogP contribution in [0.15, 0.2) is 35.5 Å². The number of anilines is 1. The van der Waals surface area contributed by atoms with Crippen LogP contribution >= 0.6 is 0 Å². The summed E-state index contributed by atoms with van der Waals surface area (Å²) in [6.07, 6.45) is 0.652. The number of esters is 1. The van der Waals surface area contributed by atoms with Crippen molar-refractivity contribution in [1.29, 1.82) is 0 Å². The zero-order valence-electron chi connectivity index (χ0n) is 12.7. The van der Waals surface area contributed by atoms with E-state index in [-0.39, 0.29) is 5.97 Å². The van der Waals surface area contributed by atoms with E-state index in [0.717, 1.165) is 16.8 Å². The number of rotatable bonds is 3. The van der Waals surface area contributed by atoms with E-state index in [4.69, 9.17) is 4.74 Å². The number of hydrogen-bond acceptors (Lipinski definition) is 6. The number of carbonyl (C=O) groups is 1. The predicted octanol–water partition coefficient (Wildman–Crippen LogP) is 1.83. The maximum Gasteiger partial charge on any atom is 0.338 e. The minimum absolute atomic E-state index is 0.379. The van der Waals surface area contributed by atoms with Crippen molar-refractivity contribution in [1.82, 2.24) is 20.2 Å². The van der Waals surface area contributed by atoms with Crippen LogP contribution in [-0.4, -0.2) is 33.3 Å². The van der Waals surface area contributed by atoms with Crippen molar-refractivity contribution >= 4 is 11.9 Å².